The molecule has 0 aromatic rings. The highest BCUT2D eigenvalue weighted by molar-refractivity contribution is 5.83. The number of rotatable bonds is 8. The van der Waals surface area contributed by atoms with Crippen LogP contribution < -0.4 is 0 Å². The normalized spacial score (nSPS) is 14.7. The monoisotopic (exact) mass is 268 g/mol. The van der Waals surface area contributed by atoms with E-state index >= 15 is 0 Å². The fraction of sp³-hybridized carbons (Fsp3) is 0.688. The summed E-state index contributed by atoms with van der Waals surface area (Å²) in [6.07, 6.45) is 9.48. The second-order valence-corrected chi connectivity index (χ2v) is 5.86. The van der Waals surface area contributed by atoms with Gasteiger partial charge in [-0.3, -0.25) is 0 Å². The van der Waals surface area contributed by atoms with Gasteiger partial charge >= 0.3 is 5.97 Å². The molecule has 0 spiro atoms. The molecule has 0 rings (SSSR count). The summed E-state index contributed by atoms with van der Waals surface area (Å²) in [5.41, 5.74) is 0.339. The second kappa shape index (κ2) is 8.92. The quantitative estimate of drug-likeness (QED) is 0.415. The van der Waals surface area contributed by atoms with Crippen molar-refractivity contribution >= 4 is 5.97 Å². The summed E-state index contributed by atoms with van der Waals surface area (Å²) >= 11 is 0. The molecular formula is C16H28O3. The van der Waals surface area contributed by atoms with Crippen LogP contribution in [0, 0.1) is 5.92 Å². The van der Waals surface area contributed by atoms with Crippen LogP contribution in [0.4, 0.5) is 0 Å². The van der Waals surface area contributed by atoms with Gasteiger partial charge in [0, 0.05) is 6.08 Å². The highest BCUT2D eigenvalue weighted by Gasteiger charge is 2.12. The maximum Gasteiger partial charge on any atom is 0.330 e. The van der Waals surface area contributed by atoms with Crippen molar-refractivity contribution in [2.24, 2.45) is 5.92 Å². The standard InChI is InChI=1S/C16H28O3/c1-13(10-7-11-16(3,4)18)8-6-9-14(2)12-15(17)19-5/h6,9,12-13,18H,7-8,10-11H2,1-5H3/b9-6+,14-12+. The summed E-state index contributed by atoms with van der Waals surface area (Å²) in [4.78, 5) is 11.0. The number of carbonyl (C=O) groups is 1. The second-order valence-electron chi connectivity index (χ2n) is 5.86. The molecule has 110 valence electrons. The topological polar surface area (TPSA) is 46.5 Å². The highest BCUT2D eigenvalue weighted by Crippen LogP contribution is 2.18. The zero-order valence-corrected chi connectivity index (χ0v) is 12.9. The van der Waals surface area contributed by atoms with E-state index in [1.807, 2.05) is 26.8 Å². The van der Waals surface area contributed by atoms with Gasteiger partial charge in [0.15, 0.2) is 0 Å². The lowest BCUT2D eigenvalue weighted by atomic mass is 9.95. The van der Waals surface area contributed by atoms with E-state index in [0.717, 1.165) is 31.3 Å². The van der Waals surface area contributed by atoms with E-state index in [4.69, 9.17) is 0 Å². The van der Waals surface area contributed by atoms with Crippen molar-refractivity contribution in [3.63, 3.8) is 0 Å². The molecule has 0 aromatic carbocycles. The smallest absolute Gasteiger partial charge is 0.330 e. The van der Waals surface area contributed by atoms with Crippen molar-refractivity contribution in [1.82, 2.24) is 0 Å². The van der Waals surface area contributed by atoms with Crippen LogP contribution in [0.2, 0.25) is 0 Å². The largest absolute Gasteiger partial charge is 0.466 e. The van der Waals surface area contributed by atoms with Crippen molar-refractivity contribution in [1.29, 1.82) is 0 Å². The molecule has 0 aliphatic heterocycles. The molecule has 3 nitrogen and oxygen atoms in total. The molecule has 1 unspecified atom stereocenters. The summed E-state index contributed by atoms with van der Waals surface area (Å²) in [5.74, 6) is 0.268. The first kappa shape index (κ1) is 17.9. The first-order valence-corrected chi connectivity index (χ1v) is 6.90. The SMILES string of the molecule is COC(=O)/C=C(C)/C=C/CC(C)CCCC(C)(C)O. The van der Waals surface area contributed by atoms with E-state index in [0.29, 0.717) is 5.92 Å². The van der Waals surface area contributed by atoms with Gasteiger partial charge in [0.05, 0.1) is 12.7 Å². The average Bonchev–Trinajstić information content (AvgIpc) is 2.26. The summed E-state index contributed by atoms with van der Waals surface area (Å²) in [6, 6.07) is 0. The Hall–Kier alpha value is -1.09. The zero-order chi connectivity index (χ0) is 14.9. The van der Waals surface area contributed by atoms with Crippen LogP contribution in [-0.4, -0.2) is 23.8 Å². The molecule has 0 fully saturated rings. The minimum absolute atomic E-state index is 0.319. The molecule has 0 bridgehead atoms. The minimum atomic E-state index is -0.560. The Bertz CT molecular complexity index is 321. The number of aliphatic hydroxyl groups is 1. The number of methoxy groups -OCH3 is 1. The van der Waals surface area contributed by atoms with Crippen LogP contribution in [-0.2, 0) is 9.53 Å². The third-order valence-corrected chi connectivity index (χ3v) is 2.95. The lowest BCUT2D eigenvalue weighted by Crippen LogP contribution is -2.18. The number of hydrogen-bond acceptors (Lipinski definition) is 3. The van der Waals surface area contributed by atoms with Crippen molar-refractivity contribution in [2.75, 3.05) is 7.11 Å². The van der Waals surface area contributed by atoms with Crippen molar-refractivity contribution in [3.8, 4) is 0 Å². The Kier molecular flexibility index (Phi) is 8.41. The third kappa shape index (κ3) is 11.7. The number of allylic oxidation sites excluding steroid dienone is 3. The maximum absolute atomic E-state index is 11.0. The van der Waals surface area contributed by atoms with Gasteiger partial charge in [0.2, 0.25) is 0 Å². The van der Waals surface area contributed by atoms with Gasteiger partial charge in [-0.05, 0) is 45.1 Å². The van der Waals surface area contributed by atoms with Gasteiger partial charge in [-0.2, -0.15) is 0 Å². The van der Waals surface area contributed by atoms with Gasteiger partial charge in [0.25, 0.3) is 0 Å². The molecule has 0 saturated heterocycles. The fourth-order valence-electron chi connectivity index (χ4n) is 1.78. The molecule has 1 N–H and O–H groups in total. The van der Waals surface area contributed by atoms with Crippen LogP contribution >= 0.6 is 0 Å². The summed E-state index contributed by atoms with van der Waals surface area (Å²) in [5, 5.41) is 9.62. The Balaban J connectivity index is 3.93. The molecule has 0 aliphatic rings. The zero-order valence-electron chi connectivity index (χ0n) is 12.9. The molecule has 1 atom stereocenters. The first-order valence-electron chi connectivity index (χ1n) is 6.90. The summed E-state index contributed by atoms with van der Waals surface area (Å²) < 4.78 is 4.56. The molecule has 0 aromatic heterocycles. The van der Waals surface area contributed by atoms with Gasteiger partial charge in [-0.25, -0.2) is 4.79 Å². The van der Waals surface area contributed by atoms with Crippen LogP contribution in [0.15, 0.2) is 23.8 Å². The van der Waals surface area contributed by atoms with E-state index in [1.165, 1.54) is 13.2 Å². The highest BCUT2D eigenvalue weighted by atomic mass is 16.5. The molecule has 0 amide bonds. The molecule has 0 radical (unpaired) electrons. The maximum atomic E-state index is 11.0. The third-order valence-electron chi connectivity index (χ3n) is 2.95. The predicted molar refractivity (Wildman–Crippen MR) is 78.8 cm³/mol. The predicted octanol–water partition coefficient (Wildman–Crippen LogP) is 3.63. The number of carbonyl (C=O) groups excluding carboxylic acids is 1. The van der Waals surface area contributed by atoms with Crippen molar-refractivity contribution in [2.45, 2.75) is 59.0 Å². The Labute approximate surface area is 117 Å². The van der Waals surface area contributed by atoms with Gasteiger partial charge in [-0.1, -0.05) is 31.9 Å². The fourth-order valence-corrected chi connectivity index (χ4v) is 1.78. The Morgan fingerprint density at radius 2 is 2.05 bits per heavy atom. The molecular weight excluding hydrogens is 240 g/mol. The van der Waals surface area contributed by atoms with Gasteiger partial charge in [0.1, 0.15) is 0 Å². The molecule has 0 saturated carbocycles. The lowest BCUT2D eigenvalue weighted by molar-refractivity contribution is -0.134. The van der Waals surface area contributed by atoms with Crippen LogP contribution in [0.5, 0.6) is 0 Å². The Morgan fingerprint density at radius 3 is 2.58 bits per heavy atom. The number of esters is 1. The number of hydrogen-bond donors (Lipinski definition) is 1. The van der Waals surface area contributed by atoms with E-state index in [1.54, 1.807) is 0 Å². The first-order chi connectivity index (χ1) is 8.74. The molecule has 0 heterocycles. The van der Waals surface area contributed by atoms with E-state index in [-0.39, 0.29) is 5.97 Å². The van der Waals surface area contributed by atoms with Gasteiger partial charge < -0.3 is 9.84 Å². The van der Waals surface area contributed by atoms with E-state index in [9.17, 15) is 9.90 Å². The van der Waals surface area contributed by atoms with Crippen molar-refractivity contribution < 1.29 is 14.6 Å². The van der Waals surface area contributed by atoms with E-state index < -0.39 is 5.60 Å². The van der Waals surface area contributed by atoms with Crippen LogP contribution in [0.1, 0.15) is 53.4 Å². The van der Waals surface area contributed by atoms with Gasteiger partial charge in [-0.15, -0.1) is 0 Å². The number of ether oxygens (including phenoxy) is 1. The Morgan fingerprint density at radius 1 is 1.42 bits per heavy atom. The van der Waals surface area contributed by atoms with Crippen molar-refractivity contribution in [3.05, 3.63) is 23.8 Å². The molecule has 19 heavy (non-hydrogen) atoms. The molecule has 0 aliphatic carbocycles. The molecule has 3 heteroatoms. The minimum Gasteiger partial charge on any atom is -0.466 e. The average molecular weight is 268 g/mol. The summed E-state index contributed by atoms with van der Waals surface area (Å²) in [7, 11) is 1.38. The van der Waals surface area contributed by atoms with E-state index in [2.05, 4.69) is 17.7 Å². The lowest BCUT2D eigenvalue weighted by Gasteiger charge is -2.17. The summed E-state index contributed by atoms with van der Waals surface area (Å²) in [6.45, 7) is 7.78. The van der Waals surface area contributed by atoms with Crippen LogP contribution in [0.25, 0.3) is 0 Å². The van der Waals surface area contributed by atoms with Crippen LogP contribution in [0.3, 0.4) is 0 Å².